The van der Waals surface area contributed by atoms with Crippen LogP contribution in [0.2, 0.25) is 0 Å². The van der Waals surface area contributed by atoms with Gasteiger partial charge in [-0.25, -0.2) is 14.5 Å². The Morgan fingerprint density at radius 3 is 2.71 bits per heavy atom. The van der Waals surface area contributed by atoms with Crippen molar-refractivity contribution in [1.29, 1.82) is 0 Å². The number of imidazole rings is 1. The first-order chi connectivity index (χ1) is 15.2. The van der Waals surface area contributed by atoms with Crippen LogP contribution in [0.15, 0.2) is 65.8 Å². The molecule has 10 nitrogen and oxygen atoms in total. The summed E-state index contributed by atoms with van der Waals surface area (Å²) in [7, 11) is 0. The van der Waals surface area contributed by atoms with Crippen LogP contribution in [0.4, 0.5) is 10.5 Å². The molecule has 4 N–H and O–H groups in total. The summed E-state index contributed by atoms with van der Waals surface area (Å²) in [5, 5.41) is 17.7. The number of benzene rings is 2. The molecule has 5 aromatic rings. The highest BCUT2D eigenvalue weighted by Gasteiger charge is 2.13. The Hall–Kier alpha value is -4.47. The molecule has 0 aliphatic rings. The highest BCUT2D eigenvalue weighted by molar-refractivity contribution is 6.00. The summed E-state index contributed by atoms with van der Waals surface area (Å²) in [6.07, 6.45) is 3.98. The van der Waals surface area contributed by atoms with Crippen LogP contribution in [-0.2, 0) is 6.42 Å². The minimum absolute atomic E-state index is 0.276. The number of H-pyrrole nitrogens is 2. The van der Waals surface area contributed by atoms with Gasteiger partial charge in [-0.3, -0.25) is 9.89 Å². The Balaban J connectivity index is 1.32. The highest BCUT2D eigenvalue weighted by atomic mass is 16.2. The minimum Gasteiger partial charge on any atom is -0.348 e. The van der Waals surface area contributed by atoms with Crippen LogP contribution in [-0.4, -0.2) is 42.5 Å². The first-order valence-electron chi connectivity index (χ1n) is 9.68. The minimum atomic E-state index is -0.309. The molecule has 0 atom stereocenters. The average molecular weight is 414 g/mol. The molecule has 0 fully saturated rings. The molecule has 0 aliphatic carbocycles. The molecule has 0 radical (unpaired) electrons. The second-order valence-electron chi connectivity index (χ2n) is 6.95. The molecule has 2 aromatic carbocycles. The quantitative estimate of drug-likeness (QED) is 0.350. The number of nitrogens with zero attached hydrogens (tertiary/aromatic N) is 4. The van der Waals surface area contributed by atoms with E-state index in [-0.39, 0.29) is 17.1 Å². The maximum Gasteiger partial charge on any atom is 0.319 e. The molecule has 0 saturated heterocycles. The third-order valence-corrected chi connectivity index (χ3v) is 4.92. The predicted molar refractivity (Wildman–Crippen MR) is 116 cm³/mol. The van der Waals surface area contributed by atoms with Crippen molar-refractivity contribution in [3.8, 4) is 5.69 Å². The number of nitrogens with one attached hydrogen (secondary N) is 4. The first-order valence-corrected chi connectivity index (χ1v) is 9.68. The Morgan fingerprint density at radius 2 is 1.90 bits per heavy atom. The molecular formula is C21H18N8O2. The standard InChI is InChI=1S/C21H18N8O2/c30-20-19-18(16-3-1-2-4-17(16)26-27-19)28-29(20)15-7-5-13(6-8-15)25-21(31)23-10-9-14-11-22-12-24-14/h1-8,11-12,28H,9-10H2,(H,22,24)(H2,23,25,31). The number of aromatic amines is 2. The van der Waals surface area contributed by atoms with Gasteiger partial charge < -0.3 is 15.6 Å². The second kappa shape index (κ2) is 7.75. The van der Waals surface area contributed by atoms with Gasteiger partial charge >= 0.3 is 6.03 Å². The number of fused-ring (bicyclic) bond motifs is 3. The molecule has 5 rings (SSSR count). The topological polar surface area (TPSA) is 133 Å². The van der Waals surface area contributed by atoms with Gasteiger partial charge in [0.05, 0.1) is 23.0 Å². The van der Waals surface area contributed by atoms with E-state index in [0.29, 0.717) is 35.4 Å². The number of hydrogen-bond acceptors (Lipinski definition) is 5. The predicted octanol–water partition coefficient (Wildman–Crippen LogP) is 2.35. The monoisotopic (exact) mass is 414 g/mol. The molecule has 0 spiro atoms. The molecule has 154 valence electrons. The van der Waals surface area contributed by atoms with Crippen LogP contribution in [0.5, 0.6) is 0 Å². The number of amides is 2. The molecule has 2 amide bonds. The average Bonchev–Trinajstić information content (AvgIpc) is 3.42. The summed E-state index contributed by atoms with van der Waals surface area (Å²) in [5.74, 6) is 0. The van der Waals surface area contributed by atoms with E-state index in [1.807, 2.05) is 24.3 Å². The van der Waals surface area contributed by atoms with Crippen molar-refractivity contribution in [2.45, 2.75) is 6.42 Å². The van der Waals surface area contributed by atoms with Crippen LogP contribution >= 0.6 is 0 Å². The van der Waals surface area contributed by atoms with Crippen LogP contribution in [0.1, 0.15) is 5.69 Å². The van der Waals surface area contributed by atoms with Crippen molar-refractivity contribution in [2.24, 2.45) is 0 Å². The highest BCUT2D eigenvalue weighted by Crippen LogP contribution is 2.19. The molecule has 0 bridgehead atoms. The van der Waals surface area contributed by atoms with Crippen molar-refractivity contribution in [3.05, 3.63) is 77.1 Å². The third-order valence-electron chi connectivity index (χ3n) is 4.92. The van der Waals surface area contributed by atoms with Crippen molar-refractivity contribution < 1.29 is 4.79 Å². The maximum atomic E-state index is 12.8. The fourth-order valence-corrected chi connectivity index (χ4v) is 3.37. The van der Waals surface area contributed by atoms with Crippen molar-refractivity contribution >= 4 is 33.7 Å². The Kier molecular flexibility index (Phi) is 4.64. The van der Waals surface area contributed by atoms with E-state index in [4.69, 9.17) is 0 Å². The smallest absolute Gasteiger partial charge is 0.319 e. The normalized spacial score (nSPS) is 11.1. The SMILES string of the molecule is O=C(NCCc1cnc[nH]1)Nc1ccc(-n2[nH]c3c(nnc4ccccc43)c2=O)cc1. The largest absolute Gasteiger partial charge is 0.348 e. The molecule has 0 saturated carbocycles. The van der Waals surface area contributed by atoms with Gasteiger partial charge in [-0.05, 0) is 30.3 Å². The summed E-state index contributed by atoms with van der Waals surface area (Å²) in [5.41, 5.74) is 3.51. The van der Waals surface area contributed by atoms with E-state index in [9.17, 15) is 9.59 Å². The van der Waals surface area contributed by atoms with E-state index in [1.165, 1.54) is 4.68 Å². The first kappa shape index (κ1) is 18.6. The van der Waals surface area contributed by atoms with E-state index in [1.54, 1.807) is 36.8 Å². The van der Waals surface area contributed by atoms with Gasteiger partial charge in [0.1, 0.15) is 0 Å². The zero-order chi connectivity index (χ0) is 21.2. The number of aromatic nitrogens is 6. The van der Waals surface area contributed by atoms with E-state index in [2.05, 4.69) is 35.9 Å². The zero-order valence-electron chi connectivity index (χ0n) is 16.3. The number of anilines is 1. The summed E-state index contributed by atoms with van der Waals surface area (Å²) < 4.78 is 1.42. The summed E-state index contributed by atoms with van der Waals surface area (Å²) in [6, 6.07) is 14.1. The van der Waals surface area contributed by atoms with E-state index >= 15 is 0 Å². The maximum absolute atomic E-state index is 12.8. The molecule has 3 aromatic heterocycles. The number of hydrogen-bond donors (Lipinski definition) is 4. The third kappa shape index (κ3) is 3.62. The van der Waals surface area contributed by atoms with Gasteiger partial charge in [-0.1, -0.05) is 18.2 Å². The molecular weight excluding hydrogens is 396 g/mol. The van der Waals surface area contributed by atoms with Gasteiger partial charge in [-0.2, -0.15) is 0 Å². The van der Waals surface area contributed by atoms with Crippen molar-refractivity contribution in [3.63, 3.8) is 0 Å². The lowest BCUT2D eigenvalue weighted by Gasteiger charge is -2.08. The van der Waals surface area contributed by atoms with Gasteiger partial charge in [0.15, 0.2) is 5.52 Å². The van der Waals surface area contributed by atoms with Gasteiger partial charge in [-0.15, -0.1) is 10.2 Å². The Labute approximate surface area is 175 Å². The zero-order valence-corrected chi connectivity index (χ0v) is 16.3. The van der Waals surface area contributed by atoms with Crippen molar-refractivity contribution in [2.75, 3.05) is 11.9 Å². The second-order valence-corrected chi connectivity index (χ2v) is 6.95. The molecule has 31 heavy (non-hydrogen) atoms. The van der Waals surface area contributed by atoms with Crippen LogP contribution in [0.25, 0.3) is 27.6 Å². The summed E-state index contributed by atoms with van der Waals surface area (Å²) in [6.45, 7) is 0.478. The molecule has 3 heterocycles. The fourth-order valence-electron chi connectivity index (χ4n) is 3.37. The number of carbonyl (C=O) groups excluding carboxylic acids is 1. The van der Waals surface area contributed by atoms with E-state index < -0.39 is 0 Å². The van der Waals surface area contributed by atoms with Gasteiger partial charge in [0, 0.05) is 35.9 Å². The van der Waals surface area contributed by atoms with Crippen LogP contribution in [0.3, 0.4) is 0 Å². The lowest BCUT2D eigenvalue weighted by atomic mass is 10.2. The number of carbonyl (C=O) groups is 1. The van der Waals surface area contributed by atoms with Crippen LogP contribution in [0, 0.1) is 0 Å². The lowest BCUT2D eigenvalue weighted by molar-refractivity contribution is 0.252. The molecule has 0 aliphatic heterocycles. The summed E-state index contributed by atoms with van der Waals surface area (Å²) in [4.78, 5) is 31.8. The molecule has 0 unspecified atom stereocenters. The van der Waals surface area contributed by atoms with Gasteiger partial charge in [0.25, 0.3) is 5.56 Å². The van der Waals surface area contributed by atoms with Gasteiger partial charge in [0.2, 0.25) is 0 Å². The summed E-state index contributed by atoms with van der Waals surface area (Å²) >= 11 is 0. The molecule has 10 heteroatoms. The van der Waals surface area contributed by atoms with Crippen molar-refractivity contribution in [1.82, 2.24) is 35.3 Å². The fraction of sp³-hybridized carbons (Fsp3) is 0.0952. The number of rotatable bonds is 5. The lowest BCUT2D eigenvalue weighted by Crippen LogP contribution is -2.30. The Bertz CT molecular complexity index is 1420. The van der Waals surface area contributed by atoms with E-state index in [0.717, 1.165) is 11.1 Å². The Morgan fingerprint density at radius 1 is 1.06 bits per heavy atom. The van der Waals surface area contributed by atoms with Crippen LogP contribution < -0.4 is 16.2 Å². The number of urea groups is 1.